The number of amides is 1. The molecule has 1 atom stereocenters. The van der Waals surface area contributed by atoms with Gasteiger partial charge in [0.2, 0.25) is 27.6 Å². The van der Waals surface area contributed by atoms with E-state index >= 15 is 0 Å². The van der Waals surface area contributed by atoms with Crippen molar-refractivity contribution in [1.29, 1.82) is 0 Å². The number of rotatable bonds is 6. The molecular weight excluding hydrogens is 392 g/mol. The zero-order chi connectivity index (χ0) is 21.2. The van der Waals surface area contributed by atoms with Crippen LogP contribution in [0.4, 0.5) is 5.69 Å². The Balaban J connectivity index is 1.81. The van der Waals surface area contributed by atoms with E-state index in [-0.39, 0.29) is 4.90 Å². The highest BCUT2D eigenvalue weighted by Gasteiger charge is 2.24. The van der Waals surface area contributed by atoms with Crippen LogP contribution in [0.1, 0.15) is 23.9 Å². The molecule has 0 aliphatic heterocycles. The molecule has 2 N–H and O–H groups in total. The smallest absolute Gasteiger partial charge is 0.242 e. The maximum atomic E-state index is 12.9. The van der Waals surface area contributed by atoms with Crippen molar-refractivity contribution >= 4 is 21.6 Å². The maximum absolute atomic E-state index is 12.9. The van der Waals surface area contributed by atoms with E-state index in [0.29, 0.717) is 28.5 Å². The molecule has 0 radical (unpaired) electrons. The van der Waals surface area contributed by atoms with Gasteiger partial charge in [0, 0.05) is 18.2 Å². The van der Waals surface area contributed by atoms with Crippen LogP contribution in [0.5, 0.6) is 0 Å². The minimum atomic E-state index is -3.96. The summed E-state index contributed by atoms with van der Waals surface area (Å²) in [5, 5.41) is 6.56. The molecule has 0 fully saturated rings. The van der Waals surface area contributed by atoms with Crippen LogP contribution in [0.3, 0.4) is 0 Å². The van der Waals surface area contributed by atoms with Crippen LogP contribution in [0, 0.1) is 20.8 Å². The van der Waals surface area contributed by atoms with Gasteiger partial charge in [0.25, 0.3) is 0 Å². The summed E-state index contributed by atoms with van der Waals surface area (Å²) in [6.45, 7) is 6.68. The van der Waals surface area contributed by atoms with Crippen LogP contribution >= 0.6 is 0 Å². The molecule has 9 heteroatoms. The van der Waals surface area contributed by atoms with Crippen LogP contribution in [0.2, 0.25) is 0 Å². The quantitative estimate of drug-likeness (QED) is 0.641. The standard InChI is InChI=1S/C20H22N4O4S/c1-12-7-5-6-8-17(12)22-20(25)14(3)24-29(26,27)18-11-16(10-9-13(18)2)19-21-15(4)28-23-19/h5-11,14,24H,1-4H3,(H,22,25)/t14-/m1/s1. The highest BCUT2D eigenvalue weighted by Crippen LogP contribution is 2.23. The largest absolute Gasteiger partial charge is 0.339 e. The van der Waals surface area contributed by atoms with Crippen molar-refractivity contribution in [3.8, 4) is 11.4 Å². The predicted molar refractivity (Wildman–Crippen MR) is 109 cm³/mol. The molecule has 8 nitrogen and oxygen atoms in total. The number of carbonyl (C=O) groups excluding carboxylic acids is 1. The van der Waals surface area contributed by atoms with E-state index in [4.69, 9.17) is 4.52 Å². The summed E-state index contributed by atoms with van der Waals surface area (Å²) in [5.41, 5.74) is 2.56. The number of nitrogens with zero attached hydrogens (tertiary/aromatic N) is 2. The normalized spacial score (nSPS) is 12.6. The lowest BCUT2D eigenvalue weighted by atomic mass is 10.1. The lowest BCUT2D eigenvalue weighted by Crippen LogP contribution is -2.41. The third-order valence-electron chi connectivity index (χ3n) is 4.39. The molecule has 0 aliphatic carbocycles. The second kappa shape index (κ2) is 8.14. The van der Waals surface area contributed by atoms with Crippen LogP contribution < -0.4 is 10.0 Å². The van der Waals surface area contributed by atoms with E-state index in [1.54, 1.807) is 38.1 Å². The van der Waals surface area contributed by atoms with E-state index in [9.17, 15) is 13.2 Å². The Kier molecular flexibility index (Phi) is 5.81. The average Bonchev–Trinajstić information content (AvgIpc) is 3.09. The van der Waals surface area contributed by atoms with Gasteiger partial charge < -0.3 is 9.84 Å². The van der Waals surface area contributed by atoms with Gasteiger partial charge >= 0.3 is 0 Å². The van der Waals surface area contributed by atoms with Crippen molar-refractivity contribution in [3.63, 3.8) is 0 Å². The Morgan fingerprint density at radius 3 is 2.45 bits per heavy atom. The first kappa shape index (κ1) is 20.7. The van der Waals surface area contributed by atoms with Crippen molar-refractivity contribution in [3.05, 3.63) is 59.5 Å². The molecule has 0 aliphatic rings. The van der Waals surface area contributed by atoms with Crippen molar-refractivity contribution in [2.75, 3.05) is 5.32 Å². The number of sulfonamides is 1. The summed E-state index contributed by atoms with van der Waals surface area (Å²) in [6, 6.07) is 11.1. The number of hydrogen-bond donors (Lipinski definition) is 2. The zero-order valence-corrected chi connectivity index (χ0v) is 17.4. The molecule has 1 aromatic heterocycles. The summed E-state index contributed by atoms with van der Waals surface area (Å²) in [5.74, 6) is 0.222. The minimum absolute atomic E-state index is 0.0491. The van der Waals surface area contributed by atoms with Gasteiger partial charge in [0.1, 0.15) is 0 Å². The van der Waals surface area contributed by atoms with E-state index in [1.807, 2.05) is 19.1 Å². The van der Waals surface area contributed by atoms with Gasteiger partial charge in [-0.2, -0.15) is 9.71 Å². The number of benzene rings is 2. The average molecular weight is 414 g/mol. The SMILES string of the molecule is Cc1nc(-c2ccc(C)c(S(=O)(=O)N[C@H](C)C(=O)Nc3ccccc3C)c2)no1. The van der Waals surface area contributed by atoms with Gasteiger partial charge in [0.05, 0.1) is 10.9 Å². The van der Waals surface area contributed by atoms with Gasteiger partial charge in [-0.15, -0.1) is 0 Å². The van der Waals surface area contributed by atoms with Gasteiger partial charge in [-0.1, -0.05) is 35.5 Å². The molecule has 3 aromatic rings. The molecule has 1 amide bonds. The first-order valence-electron chi connectivity index (χ1n) is 8.97. The molecule has 0 bridgehead atoms. The van der Waals surface area contributed by atoms with Gasteiger partial charge in [0.15, 0.2) is 0 Å². The Morgan fingerprint density at radius 2 is 1.79 bits per heavy atom. The Hall–Kier alpha value is -3.04. The van der Waals surface area contributed by atoms with Crippen molar-refractivity contribution in [2.45, 2.75) is 38.6 Å². The van der Waals surface area contributed by atoms with Crippen molar-refractivity contribution < 1.29 is 17.7 Å². The van der Waals surface area contributed by atoms with Crippen molar-refractivity contribution in [2.24, 2.45) is 0 Å². The maximum Gasteiger partial charge on any atom is 0.242 e. The summed E-state index contributed by atoms with van der Waals surface area (Å²) in [4.78, 5) is 16.6. The molecule has 152 valence electrons. The fraction of sp³-hybridized carbons (Fsp3) is 0.250. The summed E-state index contributed by atoms with van der Waals surface area (Å²) in [7, 11) is -3.96. The van der Waals surface area contributed by atoms with E-state index < -0.39 is 22.0 Å². The molecular formula is C20H22N4O4S. The third-order valence-corrected chi connectivity index (χ3v) is 6.07. The molecule has 3 rings (SSSR count). The van der Waals surface area contributed by atoms with Gasteiger partial charge in [-0.25, -0.2) is 8.42 Å². The Labute approximate surface area is 169 Å². The molecule has 0 saturated heterocycles. The van der Waals surface area contributed by atoms with Gasteiger partial charge in [-0.05, 0) is 44.0 Å². The molecule has 0 unspecified atom stereocenters. The third kappa shape index (κ3) is 4.69. The van der Waals surface area contributed by atoms with Crippen LogP contribution in [0.15, 0.2) is 51.9 Å². The number of anilines is 1. The number of hydrogen-bond acceptors (Lipinski definition) is 6. The highest BCUT2D eigenvalue weighted by atomic mass is 32.2. The van der Waals surface area contributed by atoms with E-state index in [2.05, 4.69) is 20.2 Å². The minimum Gasteiger partial charge on any atom is -0.339 e. The molecule has 1 heterocycles. The summed E-state index contributed by atoms with van der Waals surface area (Å²) in [6.07, 6.45) is 0. The number of carbonyl (C=O) groups is 1. The molecule has 2 aromatic carbocycles. The predicted octanol–water partition coefficient (Wildman–Crippen LogP) is 2.97. The second-order valence-corrected chi connectivity index (χ2v) is 8.45. The molecule has 0 spiro atoms. The van der Waals surface area contributed by atoms with E-state index in [0.717, 1.165) is 5.56 Å². The van der Waals surface area contributed by atoms with E-state index in [1.165, 1.54) is 13.0 Å². The number of para-hydroxylation sites is 1. The second-order valence-electron chi connectivity index (χ2n) is 6.76. The molecule has 29 heavy (non-hydrogen) atoms. The Morgan fingerprint density at radius 1 is 1.07 bits per heavy atom. The van der Waals surface area contributed by atoms with Crippen LogP contribution in [0.25, 0.3) is 11.4 Å². The van der Waals surface area contributed by atoms with Gasteiger partial charge in [-0.3, -0.25) is 4.79 Å². The van der Waals surface area contributed by atoms with Crippen LogP contribution in [-0.2, 0) is 14.8 Å². The summed E-state index contributed by atoms with van der Waals surface area (Å²) < 4.78 is 33.2. The summed E-state index contributed by atoms with van der Waals surface area (Å²) >= 11 is 0. The lowest BCUT2D eigenvalue weighted by molar-refractivity contribution is -0.117. The fourth-order valence-electron chi connectivity index (χ4n) is 2.75. The lowest BCUT2D eigenvalue weighted by Gasteiger charge is -2.16. The number of nitrogens with one attached hydrogen (secondary N) is 2. The fourth-order valence-corrected chi connectivity index (χ4v) is 4.22. The number of aryl methyl sites for hydroxylation is 3. The number of aromatic nitrogens is 2. The first-order valence-corrected chi connectivity index (χ1v) is 10.5. The first-order chi connectivity index (χ1) is 13.7. The highest BCUT2D eigenvalue weighted by molar-refractivity contribution is 7.89. The topological polar surface area (TPSA) is 114 Å². The zero-order valence-electron chi connectivity index (χ0n) is 16.6. The Bertz CT molecular complexity index is 1150. The van der Waals surface area contributed by atoms with Crippen molar-refractivity contribution in [1.82, 2.24) is 14.9 Å². The molecule has 0 saturated carbocycles. The monoisotopic (exact) mass is 414 g/mol. The van der Waals surface area contributed by atoms with Crippen LogP contribution in [-0.4, -0.2) is 30.5 Å².